The number of hydrogen-bond donors (Lipinski definition) is 0. The van der Waals surface area contributed by atoms with E-state index in [0.29, 0.717) is 25.2 Å². The molecule has 0 radical (unpaired) electrons. The third-order valence-corrected chi connectivity index (χ3v) is 5.38. The fourth-order valence-corrected chi connectivity index (χ4v) is 3.74. The molecule has 1 aliphatic rings. The molecule has 4 rings (SSSR count). The molecule has 2 aromatic carbocycles. The van der Waals surface area contributed by atoms with E-state index in [1.54, 1.807) is 6.07 Å². The zero-order chi connectivity index (χ0) is 19.5. The van der Waals surface area contributed by atoms with E-state index >= 15 is 0 Å². The highest BCUT2D eigenvalue weighted by atomic mass is 16.4. The molecule has 0 spiro atoms. The van der Waals surface area contributed by atoms with Crippen LogP contribution in [0.5, 0.6) is 0 Å². The zero-order valence-corrected chi connectivity index (χ0v) is 16.1. The lowest BCUT2D eigenvalue weighted by Gasteiger charge is -2.35. The molecule has 0 bridgehead atoms. The van der Waals surface area contributed by atoms with Crippen LogP contribution < -0.4 is 5.63 Å². The number of nitrogens with zero attached hydrogens (tertiary/aromatic N) is 2. The number of fused-ring (bicyclic) bond motifs is 1. The molecule has 0 N–H and O–H groups in total. The van der Waals surface area contributed by atoms with Crippen LogP contribution in [0, 0.1) is 0 Å². The summed E-state index contributed by atoms with van der Waals surface area (Å²) < 4.78 is 5.40. The van der Waals surface area contributed by atoms with Gasteiger partial charge in [-0.1, -0.05) is 37.3 Å². The van der Waals surface area contributed by atoms with Crippen LogP contribution in [0.3, 0.4) is 0 Å². The summed E-state index contributed by atoms with van der Waals surface area (Å²) >= 11 is 0. The first-order valence-corrected chi connectivity index (χ1v) is 9.76. The standard InChI is InChI=1S/C23H24N2O3/c1-2-17-8-9-20-19(15-22(26)28-21(20)14-17)16-24-10-12-25(13-11-24)23(27)18-6-4-3-5-7-18/h3-9,14-15H,2,10-13,16H2,1H3. The van der Waals surface area contributed by atoms with E-state index in [0.717, 1.165) is 41.6 Å². The highest BCUT2D eigenvalue weighted by molar-refractivity contribution is 5.94. The fourth-order valence-electron chi connectivity index (χ4n) is 3.74. The molecule has 0 unspecified atom stereocenters. The molecule has 1 fully saturated rings. The summed E-state index contributed by atoms with van der Waals surface area (Å²) in [7, 11) is 0. The number of piperazine rings is 1. The van der Waals surface area contributed by atoms with Gasteiger partial charge in [0, 0.05) is 49.7 Å². The van der Waals surface area contributed by atoms with Crippen LogP contribution in [0.4, 0.5) is 0 Å². The topological polar surface area (TPSA) is 53.8 Å². The summed E-state index contributed by atoms with van der Waals surface area (Å²) in [5.41, 5.74) is 3.21. The zero-order valence-electron chi connectivity index (χ0n) is 16.1. The first-order chi connectivity index (χ1) is 13.6. The Morgan fingerprint density at radius 1 is 1.00 bits per heavy atom. The van der Waals surface area contributed by atoms with Gasteiger partial charge in [-0.05, 0) is 35.7 Å². The van der Waals surface area contributed by atoms with E-state index in [4.69, 9.17) is 4.42 Å². The van der Waals surface area contributed by atoms with Crippen molar-refractivity contribution >= 4 is 16.9 Å². The van der Waals surface area contributed by atoms with Crippen LogP contribution in [0.2, 0.25) is 0 Å². The molecule has 2 heterocycles. The van der Waals surface area contributed by atoms with Crippen LogP contribution in [0.1, 0.15) is 28.4 Å². The molecule has 1 saturated heterocycles. The minimum absolute atomic E-state index is 0.0816. The molecule has 0 saturated carbocycles. The van der Waals surface area contributed by atoms with Gasteiger partial charge in [-0.3, -0.25) is 9.69 Å². The second-order valence-corrected chi connectivity index (χ2v) is 7.21. The summed E-state index contributed by atoms with van der Waals surface area (Å²) in [4.78, 5) is 28.8. The van der Waals surface area contributed by atoms with Gasteiger partial charge in [-0.15, -0.1) is 0 Å². The molecule has 3 aromatic rings. The molecule has 0 atom stereocenters. The predicted molar refractivity (Wildman–Crippen MR) is 109 cm³/mol. The van der Waals surface area contributed by atoms with E-state index in [1.807, 2.05) is 47.4 Å². The van der Waals surface area contributed by atoms with Crippen LogP contribution >= 0.6 is 0 Å². The molecule has 5 heteroatoms. The van der Waals surface area contributed by atoms with Crippen molar-refractivity contribution in [1.82, 2.24) is 9.80 Å². The lowest BCUT2D eigenvalue weighted by atomic mass is 10.1. The molecular formula is C23H24N2O3. The van der Waals surface area contributed by atoms with Crippen molar-refractivity contribution in [3.63, 3.8) is 0 Å². The highest BCUT2D eigenvalue weighted by Gasteiger charge is 2.22. The second kappa shape index (κ2) is 7.98. The van der Waals surface area contributed by atoms with Crippen molar-refractivity contribution in [3.05, 3.63) is 81.7 Å². The third-order valence-electron chi connectivity index (χ3n) is 5.38. The van der Waals surface area contributed by atoms with Crippen LogP contribution in [-0.4, -0.2) is 41.9 Å². The molecular weight excluding hydrogens is 352 g/mol. The van der Waals surface area contributed by atoms with Crippen molar-refractivity contribution in [2.75, 3.05) is 26.2 Å². The minimum atomic E-state index is -0.311. The maximum atomic E-state index is 12.6. The van der Waals surface area contributed by atoms with Crippen LogP contribution in [-0.2, 0) is 13.0 Å². The minimum Gasteiger partial charge on any atom is -0.423 e. The molecule has 1 aliphatic heterocycles. The monoisotopic (exact) mass is 376 g/mol. The Morgan fingerprint density at radius 2 is 1.75 bits per heavy atom. The average Bonchev–Trinajstić information content (AvgIpc) is 2.74. The summed E-state index contributed by atoms with van der Waals surface area (Å²) in [5.74, 6) is 0.0816. The molecule has 0 aliphatic carbocycles. The van der Waals surface area contributed by atoms with E-state index in [-0.39, 0.29) is 11.5 Å². The maximum absolute atomic E-state index is 12.6. The lowest BCUT2D eigenvalue weighted by Crippen LogP contribution is -2.48. The molecule has 28 heavy (non-hydrogen) atoms. The fraction of sp³-hybridized carbons (Fsp3) is 0.304. The van der Waals surface area contributed by atoms with E-state index in [9.17, 15) is 9.59 Å². The van der Waals surface area contributed by atoms with Gasteiger partial charge in [-0.2, -0.15) is 0 Å². The van der Waals surface area contributed by atoms with E-state index in [2.05, 4.69) is 17.9 Å². The van der Waals surface area contributed by atoms with Crippen LogP contribution in [0.25, 0.3) is 11.0 Å². The summed E-state index contributed by atoms with van der Waals surface area (Å²) in [5, 5.41) is 0.986. The summed E-state index contributed by atoms with van der Waals surface area (Å²) in [6.07, 6.45) is 0.904. The van der Waals surface area contributed by atoms with Crippen molar-refractivity contribution in [2.45, 2.75) is 19.9 Å². The van der Waals surface area contributed by atoms with Gasteiger partial charge < -0.3 is 9.32 Å². The number of benzene rings is 2. The van der Waals surface area contributed by atoms with Crippen molar-refractivity contribution in [1.29, 1.82) is 0 Å². The first kappa shape index (κ1) is 18.4. The van der Waals surface area contributed by atoms with Crippen LogP contribution in [0.15, 0.2) is 63.8 Å². The Hall–Kier alpha value is -2.92. The summed E-state index contributed by atoms with van der Waals surface area (Å²) in [6, 6.07) is 17.1. The highest BCUT2D eigenvalue weighted by Crippen LogP contribution is 2.21. The molecule has 144 valence electrons. The van der Waals surface area contributed by atoms with Gasteiger partial charge in [-0.25, -0.2) is 4.79 Å². The Bertz CT molecular complexity index is 1030. The predicted octanol–water partition coefficient (Wildman–Crippen LogP) is 3.31. The van der Waals surface area contributed by atoms with Crippen molar-refractivity contribution < 1.29 is 9.21 Å². The Balaban J connectivity index is 1.46. The number of carbonyl (C=O) groups is 1. The third kappa shape index (κ3) is 3.85. The number of aryl methyl sites for hydroxylation is 1. The quantitative estimate of drug-likeness (QED) is 0.656. The van der Waals surface area contributed by atoms with Gasteiger partial charge in [0.1, 0.15) is 5.58 Å². The number of amides is 1. The number of carbonyl (C=O) groups excluding carboxylic acids is 1. The van der Waals surface area contributed by atoms with E-state index in [1.165, 1.54) is 0 Å². The van der Waals surface area contributed by atoms with Crippen molar-refractivity contribution in [2.24, 2.45) is 0 Å². The maximum Gasteiger partial charge on any atom is 0.336 e. The SMILES string of the molecule is CCc1ccc2c(CN3CCN(C(=O)c4ccccc4)CC3)cc(=O)oc2c1. The Kier molecular flexibility index (Phi) is 5.26. The Morgan fingerprint density at radius 3 is 2.46 bits per heavy atom. The first-order valence-electron chi connectivity index (χ1n) is 9.76. The lowest BCUT2D eigenvalue weighted by molar-refractivity contribution is 0.0629. The van der Waals surface area contributed by atoms with Crippen molar-refractivity contribution in [3.8, 4) is 0 Å². The second-order valence-electron chi connectivity index (χ2n) is 7.21. The largest absolute Gasteiger partial charge is 0.423 e. The van der Waals surface area contributed by atoms with Gasteiger partial charge in [0.05, 0.1) is 0 Å². The summed E-state index contributed by atoms with van der Waals surface area (Å²) in [6.45, 7) is 5.71. The normalized spacial score (nSPS) is 15.1. The Labute approximate surface area is 164 Å². The molecule has 1 amide bonds. The van der Waals surface area contributed by atoms with Gasteiger partial charge in [0.2, 0.25) is 0 Å². The average molecular weight is 376 g/mol. The number of hydrogen-bond acceptors (Lipinski definition) is 4. The van der Waals surface area contributed by atoms with E-state index < -0.39 is 0 Å². The van der Waals surface area contributed by atoms with Gasteiger partial charge >= 0.3 is 5.63 Å². The molecule has 5 nitrogen and oxygen atoms in total. The van der Waals surface area contributed by atoms with Gasteiger partial charge in [0.15, 0.2) is 0 Å². The number of rotatable bonds is 4. The smallest absolute Gasteiger partial charge is 0.336 e. The molecule has 1 aromatic heterocycles. The van der Waals surface area contributed by atoms with Gasteiger partial charge in [0.25, 0.3) is 5.91 Å².